The van der Waals surface area contributed by atoms with Gasteiger partial charge < -0.3 is 20.4 Å². The van der Waals surface area contributed by atoms with E-state index in [0.29, 0.717) is 18.7 Å². The molecule has 1 fully saturated rings. The minimum absolute atomic E-state index is 0.156. The molecule has 0 aliphatic carbocycles. The summed E-state index contributed by atoms with van der Waals surface area (Å²) < 4.78 is 0. The molecule has 3 rings (SSSR count). The summed E-state index contributed by atoms with van der Waals surface area (Å²) >= 11 is 0. The first-order chi connectivity index (χ1) is 16.4. The van der Waals surface area contributed by atoms with Gasteiger partial charge in [0.25, 0.3) is 5.69 Å². The van der Waals surface area contributed by atoms with E-state index in [1.165, 1.54) is 25.1 Å². The molecule has 1 aliphatic rings. The number of nitrogens with one attached hydrogen (secondary N) is 1. The SMILES string of the molecule is CC1NC(C)C(CCN(C)Cc2ccccc2)(C(=O)O)C(c2cccc([N+](=O)[O-])c2)C1(C)C(=O)O. The van der Waals surface area contributed by atoms with Gasteiger partial charge in [0, 0.05) is 36.7 Å². The second-order valence-electron chi connectivity index (χ2n) is 9.80. The molecule has 0 radical (unpaired) electrons. The molecule has 2 aromatic rings. The van der Waals surface area contributed by atoms with E-state index in [-0.39, 0.29) is 12.1 Å². The number of carboxylic acids is 2. The summed E-state index contributed by atoms with van der Waals surface area (Å²) in [5.74, 6) is -3.29. The number of carboxylic acid groups (broad SMARTS) is 2. The zero-order valence-corrected chi connectivity index (χ0v) is 20.5. The van der Waals surface area contributed by atoms with Crippen molar-refractivity contribution < 1.29 is 24.7 Å². The fourth-order valence-electron chi connectivity index (χ4n) is 5.63. The molecule has 1 heterocycles. The number of nitro groups is 1. The monoisotopic (exact) mass is 483 g/mol. The zero-order valence-electron chi connectivity index (χ0n) is 20.5. The molecule has 1 aliphatic heterocycles. The standard InChI is InChI=1S/C26H33N3O6/c1-17-25(3,23(30)31)22(20-11-8-12-21(15-20)29(34)35)26(24(32)33,18(2)27-17)13-14-28(4)16-19-9-6-5-7-10-19/h5-12,15,17-18,22,27H,13-14,16H2,1-4H3,(H,30,31)(H,32,33). The topological polar surface area (TPSA) is 133 Å². The van der Waals surface area contributed by atoms with E-state index < -0.39 is 45.7 Å². The van der Waals surface area contributed by atoms with Gasteiger partial charge >= 0.3 is 11.9 Å². The number of carbonyl (C=O) groups is 2. The minimum Gasteiger partial charge on any atom is -0.481 e. The van der Waals surface area contributed by atoms with Crippen LogP contribution in [0.2, 0.25) is 0 Å². The van der Waals surface area contributed by atoms with E-state index in [2.05, 4.69) is 5.32 Å². The van der Waals surface area contributed by atoms with Crippen LogP contribution in [0.3, 0.4) is 0 Å². The van der Waals surface area contributed by atoms with Crippen LogP contribution in [0.15, 0.2) is 54.6 Å². The molecule has 5 unspecified atom stereocenters. The van der Waals surface area contributed by atoms with Crippen molar-refractivity contribution in [2.75, 3.05) is 13.6 Å². The molecule has 5 atom stereocenters. The highest BCUT2D eigenvalue weighted by Gasteiger charge is 2.65. The number of aliphatic carboxylic acids is 2. The number of hydrogen-bond acceptors (Lipinski definition) is 6. The molecular weight excluding hydrogens is 450 g/mol. The summed E-state index contributed by atoms with van der Waals surface area (Å²) in [4.78, 5) is 38.8. The third kappa shape index (κ3) is 4.78. The lowest BCUT2D eigenvalue weighted by molar-refractivity contribution is -0.385. The predicted molar refractivity (Wildman–Crippen MR) is 131 cm³/mol. The number of non-ortho nitro benzene ring substituents is 1. The van der Waals surface area contributed by atoms with Gasteiger partial charge in [0.15, 0.2) is 0 Å². The summed E-state index contributed by atoms with van der Waals surface area (Å²) in [6.07, 6.45) is 0.156. The van der Waals surface area contributed by atoms with Crippen molar-refractivity contribution in [1.82, 2.24) is 10.2 Å². The number of hydrogen-bond donors (Lipinski definition) is 3. The second kappa shape index (κ2) is 10.1. The van der Waals surface area contributed by atoms with Crippen LogP contribution in [0, 0.1) is 20.9 Å². The first kappa shape index (κ1) is 26.3. The molecule has 9 nitrogen and oxygen atoms in total. The van der Waals surface area contributed by atoms with E-state index in [1.54, 1.807) is 19.9 Å². The largest absolute Gasteiger partial charge is 0.481 e. The van der Waals surface area contributed by atoms with Gasteiger partial charge in [-0.1, -0.05) is 42.5 Å². The molecule has 188 valence electrons. The van der Waals surface area contributed by atoms with E-state index in [4.69, 9.17) is 0 Å². The van der Waals surface area contributed by atoms with Crippen molar-refractivity contribution in [2.45, 2.75) is 51.7 Å². The van der Waals surface area contributed by atoms with Gasteiger partial charge in [-0.25, -0.2) is 0 Å². The predicted octanol–water partition coefficient (Wildman–Crippen LogP) is 3.74. The fraction of sp³-hybridized carbons (Fsp3) is 0.462. The van der Waals surface area contributed by atoms with Gasteiger partial charge in [0.05, 0.1) is 15.8 Å². The van der Waals surface area contributed by atoms with Crippen LogP contribution in [-0.2, 0) is 16.1 Å². The minimum atomic E-state index is -1.53. The molecule has 9 heteroatoms. The first-order valence-electron chi connectivity index (χ1n) is 11.6. The molecule has 0 spiro atoms. The van der Waals surface area contributed by atoms with Crippen molar-refractivity contribution in [1.29, 1.82) is 0 Å². The third-order valence-corrected chi connectivity index (χ3v) is 7.76. The number of nitro benzene ring substituents is 1. The summed E-state index contributed by atoms with van der Waals surface area (Å²) in [5, 5.41) is 35.8. The smallest absolute Gasteiger partial charge is 0.311 e. The Bertz CT molecular complexity index is 1090. The van der Waals surface area contributed by atoms with Gasteiger partial charge in [0.1, 0.15) is 0 Å². The van der Waals surface area contributed by atoms with Crippen LogP contribution < -0.4 is 5.32 Å². The highest BCUT2D eigenvalue weighted by Crippen LogP contribution is 2.57. The normalized spacial score (nSPS) is 28.5. The molecule has 0 bridgehead atoms. The first-order valence-corrected chi connectivity index (χ1v) is 11.6. The molecule has 2 aromatic carbocycles. The lowest BCUT2D eigenvalue weighted by Crippen LogP contribution is -2.69. The van der Waals surface area contributed by atoms with E-state index >= 15 is 0 Å². The fourth-order valence-corrected chi connectivity index (χ4v) is 5.63. The molecule has 0 amide bonds. The molecule has 1 saturated heterocycles. The van der Waals surface area contributed by atoms with Crippen molar-refractivity contribution in [3.05, 3.63) is 75.8 Å². The number of rotatable bonds is 9. The molecule has 35 heavy (non-hydrogen) atoms. The highest BCUT2D eigenvalue weighted by atomic mass is 16.6. The van der Waals surface area contributed by atoms with E-state index in [1.807, 2.05) is 42.3 Å². The Labute approximate surface area is 204 Å². The summed E-state index contributed by atoms with van der Waals surface area (Å²) in [6, 6.07) is 14.4. The summed E-state index contributed by atoms with van der Waals surface area (Å²) in [7, 11) is 1.89. The number of nitrogens with zero attached hydrogens (tertiary/aromatic N) is 2. The summed E-state index contributed by atoms with van der Waals surface area (Å²) in [6.45, 7) is 6.01. The maximum absolute atomic E-state index is 13.1. The number of benzene rings is 2. The average molecular weight is 484 g/mol. The Balaban J connectivity index is 2.11. The Kier molecular flexibility index (Phi) is 7.62. The van der Waals surface area contributed by atoms with Gasteiger partial charge in [-0.05, 0) is 51.9 Å². The third-order valence-electron chi connectivity index (χ3n) is 7.76. The van der Waals surface area contributed by atoms with E-state index in [0.717, 1.165) is 5.56 Å². The van der Waals surface area contributed by atoms with Gasteiger partial charge in [-0.15, -0.1) is 0 Å². The summed E-state index contributed by atoms with van der Waals surface area (Å²) in [5.41, 5.74) is -1.84. The Morgan fingerprint density at radius 3 is 2.29 bits per heavy atom. The lowest BCUT2D eigenvalue weighted by Gasteiger charge is -2.56. The molecule has 0 saturated carbocycles. The van der Waals surface area contributed by atoms with Gasteiger partial charge in [0.2, 0.25) is 0 Å². The molecule has 0 aromatic heterocycles. The molecule has 3 N–H and O–H groups in total. The van der Waals surface area contributed by atoms with Gasteiger partial charge in [-0.3, -0.25) is 19.7 Å². The lowest BCUT2D eigenvalue weighted by atomic mass is 9.51. The Hall–Kier alpha value is -3.30. The van der Waals surface area contributed by atoms with Crippen LogP contribution in [-0.4, -0.2) is 57.7 Å². The maximum Gasteiger partial charge on any atom is 0.311 e. The molecular formula is C26H33N3O6. The van der Waals surface area contributed by atoms with Crippen molar-refractivity contribution >= 4 is 17.6 Å². The number of piperidine rings is 1. The second-order valence-corrected chi connectivity index (χ2v) is 9.80. The van der Waals surface area contributed by atoms with Gasteiger partial charge in [-0.2, -0.15) is 0 Å². The van der Waals surface area contributed by atoms with Crippen LogP contribution in [0.5, 0.6) is 0 Å². The van der Waals surface area contributed by atoms with Crippen LogP contribution >= 0.6 is 0 Å². The zero-order chi connectivity index (χ0) is 26.0. The van der Waals surface area contributed by atoms with Crippen LogP contribution in [0.4, 0.5) is 5.69 Å². The van der Waals surface area contributed by atoms with Crippen LogP contribution in [0.25, 0.3) is 0 Å². The van der Waals surface area contributed by atoms with E-state index in [9.17, 15) is 29.9 Å². The quantitative estimate of drug-likeness (QED) is 0.363. The highest BCUT2D eigenvalue weighted by molar-refractivity contribution is 5.84. The Morgan fingerprint density at radius 2 is 1.71 bits per heavy atom. The Morgan fingerprint density at radius 1 is 1.06 bits per heavy atom. The van der Waals surface area contributed by atoms with Crippen LogP contribution in [0.1, 0.15) is 44.2 Å². The van der Waals surface area contributed by atoms with Crippen molar-refractivity contribution in [2.24, 2.45) is 10.8 Å². The van der Waals surface area contributed by atoms with Crippen molar-refractivity contribution in [3.8, 4) is 0 Å². The maximum atomic E-state index is 13.1. The van der Waals surface area contributed by atoms with Crippen molar-refractivity contribution in [3.63, 3.8) is 0 Å². The average Bonchev–Trinajstić information content (AvgIpc) is 2.80.